The van der Waals surface area contributed by atoms with Crippen LogP contribution >= 0.6 is 11.3 Å². The summed E-state index contributed by atoms with van der Waals surface area (Å²) in [6.07, 6.45) is 5.15. The van der Waals surface area contributed by atoms with Gasteiger partial charge in [0.05, 0.1) is 22.1 Å². The summed E-state index contributed by atoms with van der Waals surface area (Å²) in [4.78, 5) is 26.3. The molecule has 7 rings (SSSR count). The van der Waals surface area contributed by atoms with Gasteiger partial charge >= 0.3 is 0 Å². The van der Waals surface area contributed by atoms with Crippen molar-refractivity contribution in [1.29, 1.82) is 0 Å². The van der Waals surface area contributed by atoms with Gasteiger partial charge in [0.15, 0.2) is 5.82 Å². The summed E-state index contributed by atoms with van der Waals surface area (Å²) in [7, 11) is 0. The highest BCUT2D eigenvalue weighted by Gasteiger charge is 2.20. The van der Waals surface area contributed by atoms with E-state index in [1.165, 1.54) is 16.9 Å². The fraction of sp³-hybridized carbons (Fsp3) is 0.214. The molecule has 0 saturated carbocycles. The molecule has 0 aliphatic carbocycles. The van der Waals surface area contributed by atoms with Gasteiger partial charge in [0, 0.05) is 41.5 Å². The van der Waals surface area contributed by atoms with Crippen molar-refractivity contribution in [1.82, 2.24) is 24.8 Å². The Bertz CT molecular complexity index is 1680. The second-order valence-corrected chi connectivity index (χ2v) is 10.4. The molecule has 1 aromatic carbocycles. The van der Waals surface area contributed by atoms with Crippen molar-refractivity contribution in [2.24, 2.45) is 10.9 Å². The van der Waals surface area contributed by atoms with Crippen LogP contribution in [0, 0.1) is 5.92 Å². The third-order valence-corrected chi connectivity index (χ3v) is 7.76. The van der Waals surface area contributed by atoms with Gasteiger partial charge < -0.3 is 4.98 Å². The first kappa shape index (κ1) is 20.7. The Kier molecular flexibility index (Phi) is 4.85. The van der Waals surface area contributed by atoms with Gasteiger partial charge in [0.2, 0.25) is 0 Å². The molecule has 6 nitrogen and oxygen atoms in total. The predicted molar refractivity (Wildman–Crippen MR) is 139 cm³/mol. The van der Waals surface area contributed by atoms with Crippen molar-refractivity contribution in [3.63, 3.8) is 0 Å². The first-order valence-electron chi connectivity index (χ1n) is 12.0. The van der Waals surface area contributed by atoms with E-state index in [0.29, 0.717) is 0 Å². The molecule has 1 fully saturated rings. The number of hydrogen-bond donors (Lipinski definition) is 1. The van der Waals surface area contributed by atoms with Crippen LogP contribution in [0.5, 0.6) is 0 Å². The van der Waals surface area contributed by atoms with Crippen LogP contribution in [0.3, 0.4) is 0 Å². The smallest absolute Gasteiger partial charge is 0.159 e. The number of H-pyrrole nitrogens is 1. The monoisotopic (exact) mass is 476 g/mol. The number of aromatic nitrogens is 4. The van der Waals surface area contributed by atoms with Crippen LogP contribution in [0.1, 0.15) is 24.7 Å². The Morgan fingerprint density at radius 1 is 1.09 bits per heavy atom. The van der Waals surface area contributed by atoms with E-state index in [0.717, 1.165) is 75.6 Å². The second-order valence-electron chi connectivity index (χ2n) is 9.50. The summed E-state index contributed by atoms with van der Waals surface area (Å²) in [5, 5.41) is 3.88. The van der Waals surface area contributed by atoms with E-state index in [1.54, 1.807) is 11.3 Å². The van der Waals surface area contributed by atoms with Crippen LogP contribution in [-0.4, -0.2) is 37.9 Å². The van der Waals surface area contributed by atoms with Crippen LogP contribution < -0.4 is 10.7 Å². The van der Waals surface area contributed by atoms with Gasteiger partial charge in [-0.15, -0.1) is 11.3 Å². The number of nitrogens with zero attached hydrogens (tertiary/aromatic N) is 5. The first-order chi connectivity index (χ1) is 17.2. The molecule has 2 aliphatic heterocycles. The summed E-state index contributed by atoms with van der Waals surface area (Å²) in [6.45, 7) is 5.58. The Morgan fingerprint density at radius 3 is 2.91 bits per heavy atom. The van der Waals surface area contributed by atoms with Crippen molar-refractivity contribution in [3.05, 3.63) is 88.4 Å². The molecule has 0 amide bonds. The van der Waals surface area contributed by atoms with E-state index in [2.05, 4.69) is 63.6 Å². The molecule has 6 heterocycles. The number of nitrogens with one attached hydrogen (secondary N) is 1. The molecule has 1 atom stereocenters. The lowest BCUT2D eigenvalue weighted by Crippen LogP contribution is -2.38. The maximum Gasteiger partial charge on any atom is 0.159 e. The molecule has 7 heteroatoms. The van der Waals surface area contributed by atoms with E-state index in [4.69, 9.17) is 15.0 Å². The lowest BCUT2D eigenvalue weighted by molar-refractivity contribution is 0.320. The quantitative estimate of drug-likeness (QED) is 0.409. The SMILES string of the molecule is CC1CCN(Cc2cncc(-c3ccc4c(n3)=C(c3nc5c(-c6cccs6)cccc5[nH]3)N=4)c2)C1. The highest BCUT2D eigenvalue weighted by atomic mass is 32.1. The van der Waals surface area contributed by atoms with Crippen molar-refractivity contribution in [2.75, 3.05) is 13.1 Å². The Balaban J connectivity index is 1.25. The third kappa shape index (κ3) is 3.68. The van der Waals surface area contributed by atoms with E-state index < -0.39 is 0 Å². The first-order valence-corrected chi connectivity index (χ1v) is 12.9. The minimum Gasteiger partial charge on any atom is -0.337 e. The van der Waals surface area contributed by atoms with Crippen LogP contribution in [0.2, 0.25) is 0 Å². The van der Waals surface area contributed by atoms with Gasteiger partial charge in [-0.3, -0.25) is 9.88 Å². The summed E-state index contributed by atoms with van der Waals surface area (Å²) >= 11 is 1.72. The lowest BCUT2D eigenvalue weighted by atomic mass is 10.1. The van der Waals surface area contributed by atoms with Gasteiger partial charge in [0.25, 0.3) is 0 Å². The molecule has 172 valence electrons. The minimum atomic E-state index is 0.760. The Hall–Kier alpha value is -3.68. The van der Waals surface area contributed by atoms with Crippen LogP contribution in [0.25, 0.3) is 38.4 Å². The predicted octanol–water partition coefficient (Wildman–Crippen LogP) is 4.38. The zero-order chi connectivity index (χ0) is 23.4. The molecule has 0 radical (unpaired) electrons. The molecule has 1 saturated heterocycles. The van der Waals surface area contributed by atoms with Crippen molar-refractivity contribution < 1.29 is 0 Å². The molecular weight excluding hydrogens is 452 g/mol. The van der Waals surface area contributed by atoms with Crippen LogP contribution in [-0.2, 0) is 6.54 Å². The Morgan fingerprint density at radius 2 is 2.06 bits per heavy atom. The minimum absolute atomic E-state index is 0.760. The average Bonchev–Trinajstić information content (AvgIpc) is 3.61. The molecule has 35 heavy (non-hydrogen) atoms. The number of likely N-dealkylation sites (tertiary alicyclic amines) is 1. The zero-order valence-electron chi connectivity index (χ0n) is 19.4. The molecule has 5 aromatic rings. The lowest BCUT2D eigenvalue weighted by Gasteiger charge is -2.15. The number of thiophene rings is 1. The highest BCUT2D eigenvalue weighted by molar-refractivity contribution is 7.13. The number of hydrogen-bond acceptors (Lipinski definition) is 6. The molecule has 4 aromatic heterocycles. The maximum absolute atomic E-state index is 4.97. The van der Waals surface area contributed by atoms with Gasteiger partial charge in [-0.1, -0.05) is 25.1 Å². The molecule has 2 aliphatic rings. The average molecular weight is 477 g/mol. The fourth-order valence-electron chi connectivity index (χ4n) is 5.08. The number of rotatable bonds is 5. The number of imidazole rings is 1. The zero-order valence-corrected chi connectivity index (χ0v) is 20.2. The third-order valence-electron chi connectivity index (χ3n) is 6.86. The number of pyridine rings is 2. The van der Waals surface area contributed by atoms with E-state index >= 15 is 0 Å². The van der Waals surface area contributed by atoms with Crippen LogP contribution in [0.4, 0.5) is 0 Å². The van der Waals surface area contributed by atoms with Gasteiger partial charge in [-0.25, -0.2) is 15.0 Å². The summed E-state index contributed by atoms with van der Waals surface area (Å²) in [6, 6.07) is 16.7. The van der Waals surface area contributed by atoms with Crippen molar-refractivity contribution >= 4 is 28.1 Å². The number of para-hydroxylation sites is 1. The van der Waals surface area contributed by atoms with E-state index in [9.17, 15) is 0 Å². The van der Waals surface area contributed by atoms with E-state index in [-0.39, 0.29) is 0 Å². The van der Waals surface area contributed by atoms with Gasteiger partial charge in [-0.2, -0.15) is 0 Å². The molecule has 1 N–H and O–H groups in total. The fourth-order valence-corrected chi connectivity index (χ4v) is 5.83. The van der Waals surface area contributed by atoms with Gasteiger partial charge in [-0.05, 0) is 60.2 Å². The summed E-state index contributed by atoms with van der Waals surface area (Å²) in [5.74, 6) is 1.54. The molecule has 0 spiro atoms. The van der Waals surface area contributed by atoms with Crippen molar-refractivity contribution in [2.45, 2.75) is 19.9 Å². The molecule has 1 unspecified atom stereocenters. The van der Waals surface area contributed by atoms with E-state index in [1.807, 2.05) is 24.5 Å². The van der Waals surface area contributed by atoms with Gasteiger partial charge in [0.1, 0.15) is 11.0 Å². The number of fused-ring (bicyclic) bond motifs is 2. The number of benzene rings is 1. The van der Waals surface area contributed by atoms with Crippen molar-refractivity contribution in [3.8, 4) is 21.7 Å². The highest BCUT2D eigenvalue weighted by Crippen LogP contribution is 2.31. The summed E-state index contributed by atoms with van der Waals surface area (Å²) in [5.41, 5.74) is 7.09. The summed E-state index contributed by atoms with van der Waals surface area (Å²) < 4.78 is 0. The number of aromatic amines is 1. The normalized spacial score (nSPS) is 17.4. The second kappa shape index (κ2) is 8.22. The largest absolute Gasteiger partial charge is 0.337 e. The van der Waals surface area contributed by atoms with Crippen LogP contribution in [0.15, 0.2) is 71.3 Å². The Labute approximate surface area is 206 Å². The topological polar surface area (TPSA) is 70.1 Å². The molecule has 0 bridgehead atoms. The molecular formula is C28H24N6S. The standard InChI is InChI=1S/C28H24N6S/c1-17-9-10-34(15-17)16-18-12-19(14-29-13-18)21-7-8-23-26(30-21)27(31-23)28-32-22-5-2-4-20(25(22)33-28)24-6-3-11-35-24/h2-8,11-14,17H,9-10,15-16H2,1H3,(H,32,33). The maximum atomic E-state index is 4.97.